The van der Waals surface area contributed by atoms with E-state index in [1.165, 1.54) is 24.0 Å². The standard InChI is InChI=1S/C20H23F3N6O3S/c1-13(2)8-11-25-33(31,32)27-16(30)7-6-15-17(20(21,22)23)26-28(3)19(15)29-12-9-14-5-4-10-24-18(14)29/h4-7,9-10,12-13,25H,8,11H2,1-3H3,(H,27,30). The lowest BCUT2D eigenvalue weighted by Gasteiger charge is -2.09. The van der Waals surface area contributed by atoms with E-state index in [-0.39, 0.29) is 18.3 Å². The number of hydrogen-bond donors (Lipinski definition) is 2. The molecule has 13 heteroatoms. The molecule has 0 aliphatic carbocycles. The molecule has 0 fully saturated rings. The second kappa shape index (κ2) is 9.35. The number of alkyl halides is 3. The van der Waals surface area contributed by atoms with Gasteiger partial charge in [-0.15, -0.1) is 0 Å². The van der Waals surface area contributed by atoms with E-state index in [1.54, 1.807) is 22.9 Å². The Morgan fingerprint density at radius 2 is 2.00 bits per heavy atom. The minimum absolute atomic E-state index is 0.0120. The van der Waals surface area contributed by atoms with Crippen molar-refractivity contribution in [1.29, 1.82) is 0 Å². The summed E-state index contributed by atoms with van der Waals surface area (Å²) in [6.45, 7) is 3.92. The molecule has 0 aliphatic heterocycles. The van der Waals surface area contributed by atoms with Crippen molar-refractivity contribution in [3.05, 3.63) is 47.9 Å². The van der Waals surface area contributed by atoms with Gasteiger partial charge in [-0.1, -0.05) is 13.8 Å². The normalized spacial score (nSPS) is 12.8. The molecule has 3 rings (SSSR count). The fourth-order valence-corrected chi connectivity index (χ4v) is 3.95. The van der Waals surface area contributed by atoms with Gasteiger partial charge in [0.1, 0.15) is 11.5 Å². The summed E-state index contributed by atoms with van der Waals surface area (Å²) in [5.41, 5.74) is -1.24. The quantitative estimate of drug-likeness (QED) is 0.478. The molecule has 2 N–H and O–H groups in total. The van der Waals surface area contributed by atoms with E-state index >= 15 is 0 Å². The summed E-state index contributed by atoms with van der Waals surface area (Å²) in [6, 6.07) is 5.12. The maximum atomic E-state index is 13.7. The lowest BCUT2D eigenvalue weighted by molar-refractivity contribution is -0.141. The molecular weight excluding hydrogens is 461 g/mol. The van der Waals surface area contributed by atoms with Crippen molar-refractivity contribution in [2.45, 2.75) is 26.4 Å². The van der Waals surface area contributed by atoms with Gasteiger partial charge in [-0.2, -0.15) is 31.4 Å². The fourth-order valence-electron chi connectivity index (χ4n) is 3.16. The zero-order valence-corrected chi connectivity index (χ0v) is 18.9. The van der Waals surface area contributed by atoms with E-state index in [0.29, 0.717) is 17.5 Å². The van der Waals surface area contributed by atoms with Crippen molar-refractivity contribution in [2.75, 3.05) is 6.54 Å². The largest absolute Gasteiger partial charge is 0.435 e. The van der Waals surface area contributed by atoms with Crippen LogP contribution in [0.15, 0.2) is 36.7 Å². The third-order valence-electron chi connectivity index (χ3n) is 4.65. The number of pyridine rings is 1. The summed E-state index contributed by atoms with van der Waals surface area (Å²) in [5, 5.41) is 4.28. The Morgan fingerprint density at radius 3 is 2.67 bits per heavy atom. The first-order valence-electron chi connectivity index (χ1n) is 9.95. The molecule has 0 saturated carbocycles. The number of aryl methyl sites for hydroxylation is 1. The molecule has 0 unspecified atom stereocenters. The van der Waals surface area contributed by atoms with Crippen LogP contribution in [-0.2, 0) is 28.2 Å². The van der Waals surface area contributed by atoms with E-state index in [1.807, 2.05) is 13.8 Å². The highest BCUT2D eigenvalue weighted by atomic mass is 32.2. The number of fused-ring (bicyclic) bond motifs is 1. The van der Waals surface area contributed by atoms with Gasteiger partial charge in [-0.25, -0.2) is 9.71 Å². The number of nitrogens with zero attached hydrogens (tertiary/aromatic N) is 4. The first-order valence-corrected chi connectivity index (χ1v) is 11.4. The maximum absolute atomic E-state index is 13.7. The fraction of sp³-hybridized carbons (Fsp3) is 0.350. The molecule has 0 aliphatic rings. The second-order valence-electron chi connectivity index (χ2n) is 7.69. The lowest BCUT2D eigenvalue weighted by atomic mass is 10.1. The summed E-state index contributed by atoms with van der Waals surface area (Å²) in [6.07, 6.45) is 0.385. The molecule has 0 aromatic carbocycles. The highest BCUT2D eigenvalue weighted by molar-refractivity contribution is 7.88. The number of halogens is 3. The van der Waals surface area contributed by atoms with Gasteiger partial charge < -0.3 is 0 Å². The van der Waals surface area contributed by atoms with E-state index < -0.39 is 33.6 Å². The smallest absolute Gasteiger partial charge is 0.285 e. The van der Waals surface area contributed by atoms with Crippen LogP contribution in [0.2, 0.25) is 0 Å². The first-order chi connectivity index (χ1) is 15.4. The van der Waals surface area contributed by atoms with Gasteiger partial charge in [-0.3, -0.25) is 14.0 Å². The average Bonchev–Trinajstić information content (AvgIpc) is 3.25. The van der Waals surface area contributed by atoms with Crippen molar-refractivity contribution in [3.63, 3.8) is 0 Å². The third kappa shape index (κ3) is 5.79. The summed E-state index contributed by atoms with van der Waals surface area (Å²) in [5.74, 6) is -0.851. The molecule has 33 heavy (non-hydrogen) atoms. The lowest BCUT2D eigenvalue weighted by Crippen LogP contribution is -2.40. The topological polar surface area (TPSA) is 111 Å². The molecule has 3 heterocycles. The zero-order valence-electron chi connectivity index (χ0n) is 18.1. The van der Waals surface area contributed by atoms with Gasteiger partial charge in [0.25, 0.3) is 5.91 Å². The Hall–Kier alpha value is -3.19. The summed E-state index contributed by atoms with van der Waals surface area (Å²) < 4.78 is 71.3. The maximum Gasteiger partial charge on any atom is 0.435 e. The Bertz CT molecular complexity index is 1290. The van der Waals surface area contributed by atoms with Crippen LogP contribution in [0.5, 0.6) is 0 Å². The van der Waals surface area contributed by atoms with Crippen LogP contribution < -0.4 is 9.44 Å². The van der Waals surface area contributed by atoms with Crippen molar-refractivity contribution >= 4 is 33.2 Å². The molecule has 0 atom stereocenters. The van der Waals surface area contributed by atoms with Crippen LogP contribution in [0.4, 0.5) is 13.2 Å². The Morgan fingerprint density at radius 1 is 1.27 bits per heavy atom. The molecule has 3 aromatic heterocycles. The Balaban J connectivity index is 1.95. The van der Waals surface area contributed by atoms with Crippen LogP contribution in [-0.4, -0.2) is 40.2 Å². The Labute approximate surface area is 188 Å². The highest BCUT2D eigenvalue weighted by Gasteiger charge is 2.38. The Kier molecular flexibility index (Phi) is 6.93. The first kappa shape index (κ1) is 24.5. The minimum Gasteiger partial charge on any atom is -0.285 e. The van der Waals surface area contributed by atoms with Crippen LogP contribution >= 0.6 is 0 Å². The molecule has 1 amide bonds. The number of rotatable bonds is 8. The van der Waals surface area contributed by atoms with Crippen molar-refractivity contribution < 1.29 is 26.4 Å². The van der Waals surface area contributed by atoms with E-state index in [4.69, 9.17) is 0 Å². The van der Waals surface area contributed by atoms with Gasteiger partial charge in [0, 0.05) is 37.4 Å². The summed E-state index contributed by atoms with van der Waals surface area (Å²) in [7, 11) is -2.82. The van der Waals surface area contributed by atoms with Crippen LogP contribution in [0.25, 0.3) is 22.9 Å². The van der Waals surface area contributed by atoms with Gasteiger partial charge in [0.15, 0.2) is 5.69 Å². The third-order valence-corrected chi connectivity index (χ3v) is 5.70. The van der Waals surface area contributed by atoms with E-state index in [0.717, 1.165) is 16.8 Å². The molecule has 0 radical (unpaired) electrons. The predicted octanol–water partition coefficient (Wildman–Crippen LogP) is 2.79. The monoisotopic (exact) mass is 484 g/mol. The van der Waals surface area contributed by atoms with E-state index in [2.05, 4.69) is 14.8 Å². The van der Waals surface area contributed by atoms with Gasteiger partial charge in [0.2, 0.25) is 0 Å². The molecule has 178 valence electrons. The highest BCUT2D eigenvalue weighted by Crippen LogP contribution is 2.35. The molecule has 0 bridgehead atoms. The molecular formula is C20H23F3N6O3S. The number of nitrogens with one attached hydrogen (secondary N) is 2. The number of aromatic nitrogens is 4. The number of carbonyl (C=O) groups is 1. The number of carbonyl (C=O) groups excluding carboxylic acids is 1. The zero-order chi connectivity index (χ0) is 24.4. The van der Waals surface area contributed by atoms with Crippen LogP contribution in [0.1, 0.15) is 31.5 Å². The van der Waals surface area contributed by atoms with Crippen LogP contribution in [0.3, 0.4) is 0 Å². The van der Waals surface area contributed by atoms with Gasteiger partial charge in [0.05, 0.1) is 5.56 Å². The molecule has 0 saturated heterocycles. The van der Waals surface area contributed by atoms with Crippen LogP contribution in [0, 0.1) is 5.92 Å². The summed E-state index contributed by atoms with van der Waals surface area (Å²) in [4.78, 5) is 16.4. The predicted molar refractivity (Wildman–Crippen MR) is 116 cm³/mol. The minimum atomic E-state index is -4.81. The van der Waals surface area contributed by atoms with E-state index in [9.17, 15) is 26.4 Å². The van der Waals surface area contributed by atoms with Crippen molar-refractivity contribution in [3.8, 4) is 5.82 Å². The van der Waals surface area contributed by atoms with Crippen molar-refractivity contribution in [1.82, 2.24) is 28.8 Å². The number of hydrogen-bond acceptors (Lipinski definition) is 5. The van der Waals surface area contributed by atoms with Gasteiger partial charge >= 0.3 is 16.4 Å². The molecule has 9 nitrogen and oxygen atoms in total. The van der Waals surface area contributed by atoms with Gasteiger partial charge in [-0.05, 0) is 36.6 Å². The van der Waals surface area contributed by atoms with Crippen molar-refractivity contribution in [2.24, 2.45) is 13.0 Å². The second-order valence-corrected chi connectivity index (χ2v) is 9.19. The molecule has 0 spiro atoms. The number of amides is 1. The average molecular weight is 485 g/mol. The molecule has 3 aromatic rings. The SMILES string of the molecule is CC(C)CCNS(=O)(=O)NC(=O)C=Cc1c(C(F)(F)F)nn(C)c1-n1ccc2cccnc21. The summed E-state index contributed by atoms with van der Waals surface area (Å²) >= 11 is 0.